The van der Waals surface area contributed by atoms with Crippen molar-refractivity contribution in [2.75, 3.05) is 6.61 Å². The first-order valence-electron chi connectivity index (χ1n) is 6.29. The Balaban J connectivity index is 2.16. The molecule has 1 aromatic rings. The van der Waals surface area contributed by atoms with Crippen LogP contribution in [0.5, 0.6) is 0 Å². The molecule has 2 rings (SSSR count). The van der Waals surface area contributed by atoms with E-state index >= 15 is 0 Å². The minimum Gasteiger partial charge on any atom is -0.450 e. The lowest BCUT2D eigenvalue weighted by atomic mass is 10.1. The molecule has 1 aromatic carbocycles. The quantitative estimate of drug-likeness (QED) is 0.821. The normalized spacial score (nSPS) is 23.3. The summed E-state index contributed by atoms with van der Waals surface area (Å²) in [5.74, 6) is 0. The standard InChI is InChI=1S/C14H18FNO2/c1-3-18-14(17)16(13-9-12(13)15)10(2)11-7-5-4-6-8-11/h4-8,10,12-13H,3,9H2,1-2H3/t10?,12-,13-/m1/s1. The summed E-state index contributed by atoms with van der Waals surface area (Å²) in [5, 5.41) is 0. The zero-order valence-corrected chi connectivity index (χ0v) is 10.7. The molecule has 0 aliphatic heterocycles. The van der Waals surface area contributed by atoms with Gasteiger partial charge in [0, 0.05) is 6.42 Å². The van der Waals surface area contributed by atoms with E-state index in [2.05, 4.69) is 0 Å². The van der Waals surface area contributed by atoms with Gasteiger partial charge in [-0.3, -0.25) is 4.90 Å². The summed E-state index contributed by atoms with van der Waals surface area (Å²) in [7, 11) is 0. The predicted molar refractivity (Wildman–Crippen MR) is 67.0 cm³/mol. The summed E-state index contributed by atoms with van der Waals surface area (Å²) in [6.45, 7) is 3.96. The number of hydrogen-bond donors (Lipinski definition) is 0. The lowest BCUT2D eigenvalue weighted by Crippen LogP contribution is -2.37. The molecule has 98 valence electrons. The first-order chi connectivity index (χ1) is 8.65. The van der Waals surface area contributed by atoms with Crippen LogP contribution in [-0.2, 0) is 4.74 Å². The maximum Gasteiger partial charge on any atom is 0.410 e. The van der Waals surface area contributed by atoms with Crippen molar-refractivity contribution in [1.82, 2.24) is 4.90 Å². The zero-order valence-electron chi connectivity index (χ0n) is 10.7. The van der Waals surface area contributed by atoms with Gasteiger partial charge >= 0.3 is 6.09 Å². The van der Waals surface area contributed by atoms with Gasteiger partial charge in [0.25, 0.3) is 0 Å². The SMILES string of the molecule is CCOC(=O)N(C(C)c1ccccc1)[C@@H]1C[C@H]1F. The molecule has 0 radical (unpaired) electrons. The molecule has 1 unspecified atom stereocenters. The van der Waals surface area contributed by atoms with Crippen molar-refractivity contribution >= 4 is 6.09 Å². The summed E-state index contributed by atoms with van der Waals surface area (Å²) in [6, 6.07) is 9.11. The molecule has 1 aliphatic carbocycles. The number of nitrogens with zero attached hydrogens (tertiary/aromatic N) is 1. The molecule has 0 aromatic heterocycles. The summed E-state index contributed by atoms with van der Waals surface area (Å²) < 4.78 is 18.3. The Kier molecular flexibility index (Phi) is 3.84. The maximum atomic E-state index is 13.3. The lowest BCUT2D eigenvalue weighted by molar-refractivity contribution is 0.0856. The minimum atomic E-state index is -0.916. The van der Waals surface area contributed by atoms with E-state index in [1.807, 2.05) is 37.3 Å². The molecular formula is C14H18FNO2. The van der Waals surface area contributed by atoms with Gasteiger partial charge in [-0.15, -0.1) is 0 Å². The zero-order chi connectivity index (χ0) is 13.1. The maximum absolute atomic E-state index is 13.3. The van der Waals surface area contributed by atoms with Crippen molar-refractivity contribution in [2.45, 2.75) is 38.5 Å². The van der Waals surface area contributed by atoms with Crippen LogP contribution in [0.3, 0.4) is 0 Å². The van der Waals surface area contributed by atoms with Gasteiger partial charge in [-0.05, 0) is 19.4 Å². The summed E-state index contributed by atoms with van der Waals surface area (Å²) in [6.07, 6.45) is -0.935. The molecule has 0 heterocycles. The average molecular weight is 251 g/mol. The van der Waals surface area contributed by atoms with Crippen LogP contribution in [-0.4, -0.2) is 29.8 Å². The van der Waals surface area contributed by atoms with Gasteiger partial charge in [-0.2, -0.15) is 0 Å². The van der Waals surface area contributed by atoms with E-state index in [1.165, 1.54) is 4.90 Å². The molecule has 4 heteroatoms. The van der Waals surface area contributed by atoms with Gasteiger partial charge in [0.15, 0.2) is 0 Å². The molecule has 1 fully saturated rings. The predicted octanol–water partition coefficient (Wildman–Crippen LogP) is 3.32. The highest BCUT2D eigenvalue weighted by molar-refractivity contribution is 5.69. The van der Waals surface area contributed by atoms with Crippen LogP contribution in [0.1, 0.15) is 31.9 Å². The number of carbonyl (C=O) groups is 1. The molecule has 3 atom stereocenters. The van der Waals surface area contributed by atoms with E-state index in [-0.39, 0.29) is 12.1 Å². The van der Waals surface area contributed by atoms with Crippen LogP contribution >= 0.6 is 0 Å². The number of ether oxygens (including phenoxy) is 1. The van der Waals surface area contributed by atoms with E-state index in [0.717, 1.165) is 5.56 Å². The van der Waals surface area contributed by atoms with Crippen LogP contribution in [0.15, 0.2) is 30.3 Å². The fourth-order valence-electron chi connectivity index (χ4n) is 2.11. The van der Waals surface area contributed by atoms with E-state index in [0.29, 0.717) is 13.0 Å². The van der Waals surface area contributed by atoms with Gasteiger partial charge in [0.2, 0.25) is 0 Å². The summed E-state index contributed by atoms with van der Waals surface area (Å²) in [5.41, 5.74) is 0.990. The lowest BCUT2D eigenvalue weighted by Gasteiger charge is -2.28. The highest BCUT2D eigenvalue weighted by Gasteiger charge is 2.47. The van der Waals surface area contributed by atoms with Crippen molar-refractivity contribution < 1.29 is 13.9 Å². The molecule has 0 bridgehead atoms. The van der Waals surface area contributed by atoms with Crippen LogP contribution < -0.4 is 0 Å². The Hall–Kier alpha value is -1.58. The number of benzene rings is 1. The molecule has 3 nitrogen and oxygen atoms in total. The van der Waals surface area contributed by atoms with Crippen LogP contribution in [0.2, 0.25) is 0 Å². The number of halogens is 1. The molecule has 0 spiro atoms. The summed E-state index contributed by atoms with van der Waals surface area (Å²) in [4.78, 5) is 13.4. The van der Waals surface area contributed by atoms with Gasteiger partial charge < -0.3 is 4.74 Å². The van der Waals surface area contributed by atoms with Gasteiger partial charge in [-0.1, -0.05) is 30.3 Å². The highest BCUT2D eigenvalue weighted by atomic mass is 19.1. The van der Waals surface area contributed by atoms with Crippen molar-refractivity contribution in [2.24, 2.45) is 0 Å². The molecule has 1 amide bonds. The summed E-state index contributed by atoms with van der Waals surface area (Å²) >= 11 is 0. The van der Waals surface area contributed by atoms with Gasteiger partial charge in [-0.25, -0.2) is 9.18 Å². The molecule has 1 aliphatic rings. The van der Waals surface area contributed by atoms with E-state index in [9.17, 15) is 9.18 Å². The Bertz CT molecular complexity index is 410. The van der Waals surface area contributed by atoms with E-state index < -0.39 is 12.3 Å². The average Bonchev–Trinajstić information content (AvgIpc) is 3.07. The Morgan fingerprint density at radius 2 is 2.11 bits per heavy atom. The topological polar surface area (TPSA) is 29.5 Å². The second-order valence-electron chi connectivity index (χ2n) is 4.51. The third-order valence-electron chi connectivity index (χ3n) is 3.22. The molecular weight excluding hydrogens is 233 g/mol. The monoisotopic (exact) mass is 251 g/mol. The fraction of sp³-hybridized carbons (Fsp3) is 0.500. The largest absolute Gasteiger partial charge is 0.450 e. The smallest absolute Gasteiger partial charge is 0.410 e. The third-order valence-corrected chi connectivity index (χ3v) is 3.22. The first-order valence-corrected chi connectivity index (χ1v) is 6.29. The number of amides is 1. The number of hydrogen-bond acceptors (Lipinski definition) is 2. The Morgan fingerprint density at radius 3 is 2.61 bits per heavy atom. The van der Waals surface area contributed by atoms with E-state index in [1.54, 1.807) is 6.92 Å². The van der Waals surface area contributed by atoms with Crippen LogP contribution in [0.25, 0.3) is 0 Å². The molecule has 0 N–H and O–H groups in total. The molecule has 18 heavy (non-hydrogen) atoms. The second-order valence-corrected chi connectivity index (χ2v) is 4.51. The number of carbonyl (C=O) groups excluding carboxylic acids is 1. The van der Waals surface area contributed by atoms with Crippen molar-refractivity contribution in [3.63, 3.8) is 0 Å². The number of alkyl halides is 1. The fourth-order valence-corrected chi connectivity index (χ4v) is 2.11. The van der Waals surface area contributed by atoms with Crippen molar-refractivity contribution in [3.8, 4) is 0 Å². The first kappa shape index (κ1) is 12.9. The Labute approximate surface area is 107 Å². The number of rotatable bonds is 4. The molecule has 0 saturated heterocycles. The van der Waals surface area contributed by atoms with Crippen molar-refractivity contribution in [1.29, 1.82) is 0 Å². The third kappa shape index (κ3) is 2.63. The Morgan fingerprint density at radius 1 is 1.50 bits per heavy atom. The van der Waals surface area contributed by atoms with Crippen LogP contribution in [0.4, 0.5) is 9.18 Å². The van der Waals surface area contributed by atoms with Gasteiger partial charge in [0.05, 0.1) is 18.7 Å². The highest BCUT2D eigenvalue weighted by Crippen LogP contribution is 2.37. The van der Waals surface area contributed by atoms with Crippen LogP contribution in [0, 0.1) is 0 Å². The minimum absolute atomic E-state index is 0.170. The molecule has 1 saturated carbocycles. The van der Waals surface area contributed by atoms with E-state index in [4.69, 9.17) is 4.74 Å². The second kappa shape index (κ2) is 5.38. The van der Waals surface area contributed by atoms with Gasteiger partial charge in [0.1, 0.15) is 6.17 Å². The van der Waals surface area contributed by atoms with Crippen molar-refractivity contribution in [3.05, 3.63) is 35.9 Å².